The number of esters is 1. The van der Waals surface area contributed by atoms with Crippen LogP contribution in [0.1, 0.15) is 11.1 Å². The summed E-state index contributed by atoms with van der Waals surface area (Å²) in [5.74, 6) is -0.0384. The molecule has 4 rings (SSSR count). The van der Waals surface area contributed by atoms with Gasteiger partial charge in [0.2, 0.25) is 5.90 Å². The fourth-order valence-electron chi connectivity index (χ4n) is 2.71. The minimum absolute atomic E-state index is 0.00964. The monoisotopic (exact) mass is 381 g/mol. The molecular formula is C20H12ClNO5. The van der Waals surface area contributed by atoms with E-state index < -0.39 is 5.97 Å². The fourth-order valence-corrected chi connectivity index (χ4v) is 2.88. The Balaban J connectivity index is 1.79. The van der Waals surface area contributed by atoms with Crippen molar-refractivity contribution in [3.63, 3.8) is 0 Å². The summed E-state index contributed by atoms with van der Waals surface area (Å²) in [6.45, 7) is 0. The Hall–Kier alpha value is -3.38. The molecule has 6 nitrogen and oxygen atoms in total. The molecule has 1 aliphatic rings. The summed E-state index contributed by atoms with van der Waals surface area (Å²) in [5.41, 5.74) is 0.777. The van der Waals surface area contributed by atoms with E-state index in [4.69, 9.17) is 25.5 Å². The number of hydrogen-bond acceptors (Lipinski definition) is 6. The van der Waals surface area contributed by atoms with E-state index in [1.54, 1.807) is 36.4 Å². The number of cyclic esters (lactones) is 1. The largest absolute Gasteiger partial charge is 0.496 e. The van der Waals surface area contributed by atoms with Crippen molar-refractivity contribution in [3.8, 4) is 5.75 Å². The number of rotatable bonds is 3. The number of para-hydroxylation sites is 1. The second-order valence-electron chi connectivity index (χ2n) is 5.70. The fraction of sp³-hybridized carbons (Fsp3) is 0.0500. The molecule has 0 saturated heterocycles. The number of nitrogens with zero attached hydrogens (tertiary/aromatic N) is 1. The molecule has 134 valence electrons. The third-order valence-electron chi connectivity index (χ3n) is 4.01. The zero-order valence-corrected chi connectivity index (χ0v) is 14.8. The molecule has 0 fully saturated rings. The van der Waals surface area contributed by atoms with E-state index in [0.29, 0.717) is 27.3 Å². The van der Waals surface area contributed by atoms with E-state index in [-0.39, 0.29) is 22.6 Å². The lowest BCUT2D eigenvalue weighted by atomic mass is 10.1. The summed E-state index contributed by atoms with van der Waals surface area (Å²) < 4.78 is 15.9. The average Bonchev–Trinajstić information content (AvgIpc) is 3.04. The lowest BCUT2D eigenvalue weighted by molar-refractivity contribution is -0.129. The van der Waals surface area contributed by atoms with Crippen LogP contribution in [0.4, 0.5) is 0 Å². The van der Waals surface area contributed by atoms with Gasteiger partial charge < -0.3 is 13.9 Å². The number of aliphatic imine (C=N–C) groups is 1. The third kappa shape index (κ3) is 3.11. The first-order valence-electron chi connectivity index (χ1n) is 7.94. The van der Waals surface area contributed by atoms with Crippen LogP contribution in [0.3, 0.4) is 0 Å². The molecule has 27 heavy (non-hydrogen) atoms. The number of carbonyl (C=O) groups excluding carboxylic acids is 1. The van der Waals surface area contributed by atoms with Crippen LogP contribution in [-0.2, 0) is 9.53 Å². The van der Waals surface area contributed by atoms with Crippen LogP contribution in [0, 0.1) is 0 Å². The number of ether oxygens (including phenoxy) is 2. The molecule has 3 aromatic rings. The van der Waals surface area contributed by atoms with E-state index in [1.165, 1.54) is 25.5 Å². The molecule has 0 N–H and O–H groups in total. The first-order valence-corrected chi connectivity index (χ1v) is 8.31. The zero-order valence-electron chi connectivity index (χ0n) is 14.1. The number of methoxy groups -OCH3 is 1. The second kappa shape index (κ2) is 6.74. The van der Waals surface area contributed by atoms with Gasteiger partial charge in [-0.2, -0.15) is 0 Å². The maximum atomic E-state index is 12.6. The van der Waals surface area contributed by atoms with Gasteiger partial charge in [-0.3, -0.25) is 4.79 Å². The van der Waals surface area contributed by atoms with Crippen LogP contribution >= 0.6 is 11.6 Å². The Morgan fingerprint density at radius 2 is 1.96 bits per heavy atom. The van der Waals surface area contributed by atoms with Crippen molar-refractivity contribution < 1.29 is 18.7 Å². The van der Waals surface area contributed by atoms with Crippen LogP contribution in [-0.4, -0.2) is 19.0 Å². The molecule has 2 heterocycles. The lowest BCUT2D eigenvalue weighted by Gasteiger charge is -2.05. The summed E-state index contributed by atoms with van der Waals surface area (Å²) in [5, 5.41) is 0.730. The maximum absolute atomic E-state index is 12.6. The van der Waals surface area contributed by atoms with Crippen LogP contribution in [0.15, 0.2) is 68.6 Å². The topological polar surface area (TPSA) is 78.1 Å². The summed E-state index contributed by atoms with van der Waals surface area (Å²) >= 11 is 5.95. The van der Waals surface area contributed by atoms with Crippen LogP contribution in [0.2, 0.25) is 5.02 Å². The van der Waals surface area contributed by atoms with Gasteiger partial charge in [0.25, 0.3) is 0 Å². The van der Waals surface area contributed by atoms with Crippen molar-refractivity contribution in [2.75, 3.05) is 7.11 Å². The highest BCUT2D eigenvalue weighted by atomic mass is 35.5. The highest BCUT2D eigenvalue weighted by Gasteiger charge is 2.26. The number of fused-ring (bicyclic) bond motifs is 1. The quantitative estimate of drug-likeness (QED) is 0.509. The number of benzene rings is 2. The van der Waals surface area contributed by atoms with Crippen molar-refractivity contribution in [2.24, 2.45) is 4.99 Å². The van der Waals surface area contributed by atoms with Crippen molar-refractivity contribution in [2.45, 2.75) is 0 Å². The molecule has 1 aliphatic heterocycles. The first kappa shape index (κ1) is 17.1. The van der Waals surface area contributed by atoms with Gasteiger partial charge in [-0.1, -0.05) is 23.7 Å². The lowest BCUT2D eigenvalue weighted by Crippen LogP contribution is -2.08. The molecule has 1 aromatic heterocycles. The van der Waals surface area contributed by atoms with Crippen LogP contribution < -0.4 is 10.2 Å². The van der Waals surface area contributed by atoms with Gasteiger partial charge in [0.15, 0.2) is 11.1 Å². The molecule has 0 unspecified atom stereocenters. The first-order chi connectivity index (χ1) is 13.1. The minimum atomic E-state index is -0.665. The molecule has 0 atom stereocenters. The van der Waals surface area contributed by atoms with E-state index in [1.807, 2.05) is 0 Å². The maximum Gasteiger partial charge on any atom is 0.363 e. The predicted octanol–water partition coefficient (Wildman–Crippen LogP) is 3.80. The molecular weight excluding hydrogens is 370 g/mol. The Morgan fingerprint density at radius 1 is 1.15 bits per heavy atom. The highest BCUT2D eigenvalue weighted by Crippen LogP contribution is 2.25. The molecule has 0 saturated carbocycles. The molecule has 0 aliphatic carbocycles. The zero-order chi connectivity index (χ0) is 19.0. The average molecular weight is 382 g/mol. The van der Waals surface area contributed by atoms with Crippen molar-refractivity contribution in [1.82, 2.24) is 0 Å². The summed E-state index contributed by atoms with van der Waals surface area (Å²) in [4.78, 5) is 29.0. The van der Waals surface area contributed by atoms with Gasteiger partial charge in [0.05, 0.1) is 23.6 Å². The molecule has 7 heteroatoms. The van der Waals surface area contributed by atoms with E-state index in [2.05, 4.69) is 4.99 Å². The van der Waals surface area contributed by atoms with Crippen LogP contribution in [0.5, 0.6) is 5.75 Å². The Morgan fingerprint density at radius 3 is 2.78 bits per heavy atom. The standard InChI is InChI=1S/C20H12ClNO5/c1-25-16-5-3-2-4-13(16)19-22-15(20(24)27-19)8-11-10-26-17-7-6-12(21)9-14(17)18(11)23/h2-10H,1H3/b15-8-. The minimum Gasteiger partial charge on any atom is -0.496 e. The van der Waals surface area contributed by atoms with E-state index in [9.17, 15) is 9.59 Å². The Bertz CT molecular complexity index is 1190. The van der Waals surface area contributed by atoms with Gasteiger partial charge in [-0.25, -0.2) is 9.79 Å². The summed E-state index contributed by atoms with van der Waals surface area (Å²) in [6, 6.07) is 11.8. The number of hydrogen-bond donors (Lipinski definition) is 0. The van der Waals surface area contributed by atoms with Gasteiger partial charge in [0.1, 0.15) is 17.6 Å². The Labute approximate surface area is 158 Å². The molecule has 0 amide bonds. The van der Waals surface area contributed by atoms with Gasteiger partial charge in [-0.05, 0) is 36.4 Å². The third-order valence-corrected chi connectivity index (χ3v) is 4.25. The summed E-state index contributed by atoms with van der Waals surface area (Å²) in [6.07, 6.45) is 2.60. The Kier molecular flexibility index (Phi) is 4.25. The molecule has 0 bridgehead atoms. The predicted molar refractivity (Wildman–Crippen MR) is 101 cm³/mol. The van der Waals surface area contributed by atoms with Gasteiger partial charge >= 0.3 is 5.97 Å². The molecule has 2 aromatic carbocycles. The van der Waals surface area contributed by atoms with E-state index in [0.717, 1.165) is 0 Å². The van der Waals surface area contributed by atoms with E-state index >= 15 is 0 Å². The number of halogens is 1. The smallest absolute Gasteiger partial charge is 0.363 e. The van der Waals surface area contributed by atoms with Crippen LogP contribution in [0.25, 0.3) is 17.0 Å². The molecule has 0 spiro atoms. The second-order valence-corrected chi connectivity index (χ2v) is 6.13. The summed E-state index contributed by atoms with van der Waals surface area (Å²) in [7, 11) is 1.51. The van der Waals surface area contributed by atoms with Crippen molar-refractivity contribution >= 4 is 40.5 Å². The van der Waals surface area contributed by atoms with Crippen molar-refractivity contribution in [1.29, 1.82) is 0 Å². The number of carbonyl (C=O) groups is 1. The van der Waals surface area contributed by atoms with Gasteiger partial charge in [-0.15, -0.1) is 0 Å². The van der Waals surface area contributed by atoms with Crippen molar-refractivity contribution in [3.05, 3.63) is 80.8 Å². The van der Waals surface area contributed by atoms with Gasteiger partial charge in [0, 0.05) is 5.02 Å². The highest BCUT2D eigenvalue weighted by molar-refractivity contribution is 6.31. The SMILES string of the molecule is COc1ccccc1C1=N/C(=C\c2coc3ccc(Cl)cc3c2=O)C(=O)O1. The molecule has 0 radical (unpaired) electrons. The normalized spacial score (nSPS) is 15.1.